The van der Waals surface area contributed by atoms with E-state index in [-0.39, 0.29) is 5.54 Å². The van der Waals surface area contributed by atoms with E-state index in [0.29, 0.717) is 0 Å². The fraction of sp³-hybridized carbons (Fsp3) is 0.684. The van der Waals surface area contributed by atoms with Crippen molar-refractivity contribution in [2.24, 2.45) is 11.8 Å². The molecule has 0 aliphatic heterocycles. The van der Waals surface area contributed by atoms with Crippen molar-refractivity contribution >= 4 is 0 Å². The second kappa shape index (κ2) is 6.76. The van der Waals surface area contributed by atoms with Crippen LogP contribution in [0.25, 0.3) is 0 Å². The molecule has 0 radical (unpaired) electrons. The van der Waals surface area contributed by atoms with Gasteiger partial charge < -0.3 is 5.32 Å². The molecule has 1 nitrogen and oxygen atoms in total. The Hall–Kier alpha value is -0.820. The molecular weight excluding hydrogens is 242 g/mol. The maximum absolute atomic E-state index is 3.72. The maximum atomic E-state index is 3.72. The first kappa shape index (κ1) is 15.6. The van der Waals surface area contributed by atoms with Gasteiger partial charge >= 0.3 is 0 Å². The fourth-order valence-electron chi connectivity index (χ4n) is 3.48. The van der Waals surface area contributed by atoms with Gasteiger partial charge in [-0.05, 0) is 63.5 Å². The van der Waals surface area contributed by atoms with Crippen LogP contribution in [0.1, 0.15) is 64.9 Å². The Balaban J connectivity index is 2.08. The summed E-state index contributed by atoms with van der Waals surface area (Å²) in [5, 5.41) is 3.72. The van der Waals surface area contributed by atoms with Crippen LogP contribution in [0.3, 0.4) is 0 Å². The van der Waals surface area contributed by atoms with E-state index in [0.717, 1.165) is 24.3 Å². The molecule has 2 rings (SSSR count). The molecule has 1 aromatic carbocycles. The minimum atomic E-state index is 0.225. The van der Waals surface area contributed by atoms with E-state index in [1.54, 1.807) is 5.56 Å². The van der Waals surface area contributed by atoms with Gasteiger partial charge in [-0.1, -0.05) is 50.1 Å². The van der Waals surface area contributed by atoms with E-state index in [9.17, 15) is 0 Å². The van der Waals surface area contributed by atoms with Crippen LogP contribution in [0.2, 0.25) is 0 Å². The smallest absolute Gasteiger partial charge is 0.00966 e. The fourth-order valence-corrected chi connectivity index (χ4v) is 3.48. The van der Waals surface area contributed by atoms with Gasteiger partial charge in [-0.2, -0.15) is 0 Å². The number of hydrogen-bond acceptors (Lipinski definition) is 1. The zero-order valence-electron chi connectivity index (χ0n) is 13.7. The number of hydrogen-bond donors (Lipinski definition) is 1. The molecule has 1 heteroatoms. The molecule has 1 N–H and O–H groups in total. The van der Waals surface area contributed by atoms with Crippen molar-refractivity contribution in [1.82, 2.24) is 5.32 Å². The summed E-state index contributed by atoms with van der Waals surface area (Å²) < 4.78 is 0. The lowest BCUT2D eigenvalue weighted by Gasteiger charge is -2.38. The number of benzene rings is 1. The number of rotatable bonds is 4. The molecule has 0 heterocycles. The molecule has 0 amide bonds. The van der Waals surface area contributed by atoms with Crippen molar-refractivity contribution in [3.05, 3.63) is 35.9 Å². The van der Waals surface area contributed by atoms with Crippen molar-refractivity contribution < 1.29 is 0 Å². The van der Waals surface area contributed by atoms with Crippen LogP contribution in [-0.2, 0) is 0 Å². The first-order valence-electron chi connectivity index (χ1n) is 8.29. The summed E-state index contributed by atoms with van der Waals surface area (Å²) in [4.78, 5) is 0. The average molecular weight is 273 g/mol. The van der Waals surface area contributed by atoms with Crippen LogP contribution in [0.15, 0.2) is 30.3 Å². The molecule has 0 saturated heterocycles. The van der Waals surface area contributed by atoms with Crippen molar-refractivity contribution in [2.45, 2.75) is 64.8 Å². The Morgan fingerprint density at radius 1 is 1.10 bits per heavy atom. The van der Waals surface area contributed by atoms with E-state index in [1.165, 1.54) is 25.7 Å². The minimum Gasteiger partial charge on any atom is -0.312 e. The zero-order valence-corrected chi connectivity index (χ0v) is 13.7. The predicted octanol–water partition coefficient (Wildman–Crippen LogP) is 4.98. The summed E-state index contributed by atoms with van der Waals surface area (Å²) in [6.07, 6.45) is 5.50. The van der Waals surface area contributed by atoms with E-state index in [1.807, 2.05) is 0 Å². The summed E-state index contributed by atoms with van der Waals surface area (Å²) >= 11 is 0. The summed E-state index contributed by atoms with van der Waals surface area (Å²) in [6.45, 7) is 10.3. The molecule has 0 aromatic heterocycles. The topological polar surface area (TPSA) is 12.0 Å². The van der Waals surface area contributed by atoms with Gasteiger partial charge in [0.05, 0.1) is 0 Å². The molecule has 1 fully saturated rings. The molecule has 3 unspecified atom stereocenters. The molecule has 3 atom stereocenters. The highest BCUT2D eigenvalue weighted by molar-refractivity contribution is 5.21. The van der Waals surface area contributed by atoms with Gasteiger partial charge in [0.25, 0.3) is 0 Å². The van der Waals surface area contributed by atoms with Crippen molar-refractivity contribution in [2.75, 3.05) is 6.54 Å². The van der Waals surface area contributed by atoms with Crippen molar-refractivity contribution in [3.8, 4) is 0 Å². The van der Waals surface area contributed by atoms with Gasteiger partial charge in [0.1, 0.15) is 0 Å². The third-order valence-electron chi connectivity index (χ3n) is 4.80. The van der Waals surface area contributed by atoms with Crippen LogP contribution in [-0.4, -0.2) is 12.1 Å². The Morgan fingerprint density at radius 2 is 1.80 bits per heavy atom. The van der Waals surface area contributed by atoms with Crippen LogP contribution in [0.5, 0.6) is 0 Å². The summed E-state index contributed by atoms with van der Waals surface area (Å²) in [6, 6.07) is 11.2. The normalized spacial score (nSPS) is 27.5. The highest BCUT2D eigenvalue weighted by Crippen LogP contribution is 2.41. The lowest BCUT2D eigenvalue weighted by molar-refractivity contribution is 0.213. The molecule has 1 aliphatic carbocycles. The van der Waals surface area contributed by atoms with Crippen LogP contribution in [0.4, 0.5) is 0 Å². The monoisotopic (exact) mass is 273 g/mol. The average Bonchev–Trinajstić information content (AvgIpc) is 2.45. The van der Waals surface area contributed by atoms with E-state index in [2.05, 4.69) is 63.3 Å². The maximum Gasteiger partial charge on any atom is 0.00966 e. The highest BCUT2D eigenvalue weighted by atomic mass is 14.9. The second-order valence-electron chi connectivity index (χ2n) is 7.50. The Kier molecular flexibility index (Phi) is 5.26. The zero-order chi connectivity index (χ0) is 14.6. The van der Waals surface area contributed by atoms with Crippen LogP contribution >= 0.6 is 0 Å². The lowest BCUT2D eigenvalue weighted by atomic mass is 9.70. The third kappa shape index (κ3) is 4.34. The summed E-state index contributed by atoms with van der Waals surface area (Å²) in [5.41, 5.74) is 1.77. The summed E-state index contributed by atoms with van der Waals surface area (Å²) in [7, 11) is 0. The Morgan fingerprint density at radius 3 is 2.40 bits per heavy atom. The highest BCUT2D eigenvalue weighted by Gasteiger charge is 2.31. The second-order valence-corrected chi connectivity index (χ2v) is 7.50. The van der Waals surface area contributed by atoms with E-state index >= 15 is 0 Å². The lowest BCUT2D eigenvalue weighted by Crippen LogP contribution is -2.41. The van der Waals surface area contributed by atoms with Gasteiger partial charge in [0, 0.05) is 5.54 Å². The van der Waals surface area contributed by atoms with E-state index in [4.69, 9.17) is 0 Å². The molecule has 20 heavy (non-hydrogen) atoms. The van der Waals surface area contributed by atoms with Gasteiger partial charge in [-0.3, -0.25) is 0 Å². The van der Waals surface area contributed by atoms with Gasteiger partial charge in [0.2, 0.25) is 0 Å². The third-order valence-corrected chi connectivity index (χ3v) is 4.80. The van der Waals surface area contributed by atoms with Gasteiger partial charge in [0.15, 0.2) is 0 Å². The largest absolute Gasteiger partial charge is 0.312 e. The van der Waals surface area contributed by atoms with Crippen LogP contribution < -0.4 is 5.32 Å². The van der Waals surface area contributed by atoms with Gasteiger partial charge in [-0.25, -0.2) is 0 Å². The van der Waals surface area contributed by atoms with Crippen molar-refractivity contribution in [1.29, 1.82) is 0 Å². The molecule has 1 saturated carbocycles. The minimum absolute atomic E-state index is 0.225. The Bertz CT molecular complexity index is 390. The molecule has 1 aromatic rings. The van der Waals surface area contributed by atoms with Gasteiger partial charge in [-0.15, -0.1) is 0 Å². The number of nitrogens with one attached hydrogen (secondary N) is 1. The van der Waals surface area contributed by atoms with Crippen molar-refractivity contribution in [3.63, 3.8) is 0 Å². The quantitative estimate of drug-likeness (QED) is 0.815. The standard InChI is InChI=1S/C19H31N/c1-5-15-11-12-17(14-20-19(2,3)4)18(13-15)16-9-7-6-8-10-16/h6-10,15,17-18,20H,5,11-14H2,1-4H3. The Labute approximate surface area is 125 Å². The molecule has 1 aliphatic rings. The molecule has 112 valence electrons. The summed E-state index contributed by atoms with van der Waals surface area (Å²) in [5.74, 6) is 2.45. The molecule has 0 spiro atoms. The SMILES string of the molecule is CCC1CCC(CNC(C)(C)C)C(c2ccccc2)C1. The molecular formula is C19H31N. The van der Waals surface area contributed by atoms with E-state index < -0.39 is 0 Å². The predicted molar refractivity (Wildman–Crippen MR) is 88.1 cm³/mol. The first-order chi connectivity index (χ1) is 9.49. The molecule has 0 bridgehead atoms. The first-order valence-corrected chi connectivity index (χ1v) is 8.29. The van der Waals surface area contributed by atoms with Crippen LogP contribution in [0, 0.1) is 11.8 Å².